The number of amidine groups is 1. The number of hydrogen-bond donors (Lipinski definition) is 0. The number of nitrogens with zero attached hydrogens (tertiary/aromatic N) is 3. The zero-order valence-corrected chi connectivity index (χ0v) is 13.0. The molecular formula is C14H9F6N3OS. The van der Waals surface area contributed by atoms with E-state index >= 15 is 0 Å². The minimum Gasteiger partial charge on any atom is -0.303 e. The minimum absolute atomic E-state index is 0.0238. The lowest BCUT2D eigenvalue weighted by Gasteiger charge is -2.19. The molecule has 134 valence electrons. The van der Waals surface area contributed by atoms with Crippen LogP contribution in [0.2, 0.25) is 0 Å². The van der Waals surface area contributed by atoms with Crippen molar-refractivity contribution in [3.8, 4) is 0 Å². The third-order valence-corrected chi connectivity index (χ3v) is 3.71. The maximum Gasteiger partial charge on any atom is 0.505 e. The van der Waals surface area contributed by atoms with Crippen LogP contribution in [0.1, 0.15) is 6.42 Å². The Balaban J connectivity index is 2.65. The highest BCUT2D eigenvalue weighted by molar-refractivity contribution is 8.20. The molecule has 25 heavy (non-hydrogen) atoms. The van der Waals surface area contributed by atoms with Crippen molar-refractivity contribution >= 4 is 34.6 Å². The number of alkyl halides is 6. The number of benzene rings is 1. The summed E-state index contributed by atoms with van der Waals surface area (Å²) in [5.74, 6) is -1.00. The molecule has 0 aliphatic carbocycles. The lowest BCUT2D eigenvalue weighted by Crippen LogP contribution is -2.30. The summed E-state index contributed by atoms with van der Waals surface area (Å²) in [4.78, 5) is 16.3. The number of aliphatic imine (C=N–C) groups is 2. The number of hydrogen-bond acceptors (Lipinski definition) is 4. The zero-order chi connectivity index (χ0) is 18.7. The van der Waals surface area contributed by atoms with Crippen LogP contribution in [0.15, 0.2) is 51.4 Å². The number of carbonyl (C=O) groups excluding carboxylic acids is 1. The van der Waals surface area contributed by atoms with Crippen molar-refractivity contribution in [3.63, 3.8) is 0 Å². The summed E-state index contributed by atoms with van der Waals surface area (Å²) in [6, 6.07) is 7.39. The third-order valence-electron chi connectivity index (χ3n) is 2.69. The number of aldehydes is 1. The largest absolute Gasteiger partial charge is 0.505 e. The van der Waals surface area contributed by atoms with Crippen LogP contribution in [0.25, 0.3) is 0 Å². The minimum atomic E-state index is -5.10. The molecule has 4 nitrogen and oxygen atoms in total. The Hall–Kier alpha value is -2.30. The predicted octanol–water partition coefficient (Wildman–Crippen LogP) is 4.51. The Kier molecular flexibility index (Phi) is 5.55. The summed E-state index contributed by atoms with van der Waals surface area (Å²) in [6.45, 7) is 0. The van der Waals surface area contributed by atoms with Crippen molar-refractivity contribution in [3.05, 3.63) is 41.4 Å². The van der Waals surface area contributed by atoms with E-state index in [9.17, 15) is 31.1 Å². The van der Waals surface area contributed by atoms with Gasteiger partial charge in [0.05, 0.1) is 5.03 Å². The van der Waals surface area contributed by atoms with Gasteiger partial charge >= 0.3 is 12.6 Å². The zero-order valence-electron chi connectivity index (χ0n) is 12.2. The highest BCUT2D eigenvalue weighted by Gasteiger charge is 2.40. The topological polar surface area (TPSA) is 45.0 Å². The summed E-state index contributed by atoms with van der Waals surface area (Å²) in [5.41, 5.74) is 0.155. The Morgan fingerprint density at radius 1 is 1.00 bits per heavy atom. The number of thioether (sulfide) groups is 1. The van der Waals surface area contributed by atoms with Crippen LogP contribution in [-0.2, 0) is 4.79 Å². The van der Waals surface area contributed by atoms with Gasteiger partial charge in [-0.3, -0.25) is 4.90 Å². The Morgan fingerprint density at radius 3 is 2.12 bits per heavy atom. The molecule has 1 fully saturated rings. The lowest BCUT2D eigenvalue weighted by molar-refractivity contribution is -0.121. The number of halogens is 6. The van der Waals surface area contributed by atoms with Gasteiger partial charge in [0.25, 0.3) is 0 Å². The average Bonchev–Trinajstić information content (AvgIpc) is 2.79. The maximum absolute atomic E-state index is 12.7. The number of allylic oxidation sites excluding steroid dienone is 1. The van der Waals surface area contributed by atoms with Crippen molar-refractivity contribution in [1.82, 2.24) is 0 Å². The molecule has 1 aromatic carbocycles. The van der Waals surface area contributed by atoms with Gasteiger partial charge in [-0.05, 0) is 30.0 Å². The van der Waals surface area contributed by atoms with E-state index in [1.165, 1.54) is 30.3 Å². The van der Waals surface area contributed by atoms with E-state index in [0.717, 1.165) is 4.90 Å². The quantitative estimate of drug-likeness (QED) is 0.440. The Labute approximate surface area is 141 Å². The highest BCUT2D eigenvalue weighted by atomic mass is 32.2. The summed E-state index contributed by atoms with van der Waals surface area (Å²) in [7, 11) is 0. The fraction of sp³-hybridized carbons (Fsp3) is 0.214. The van der Waals surface area contributed by atoms with Gasteiger partial charge in [0.1, 0.15) is 11.3 Å². The van der Waals surface area contributed by atoms with E-state index in [0.29, 0.717) is 18.0 Å². The third kappa shape index (κ3) is 5.34. The van der Waals surface area contributed by atoms with Crippen molar-refractivity contribution in [1.29, 1.82) is 0 Å². The molecule has 1 aliphatic rings. The standard InChI is InChI=1S/C14H9F6N3OS/c15-13(16,17)21-11-12(22-14(18,19)20)25-10(7-4-8-24)23(11)9-5-2-1-3-6-9/h1-3,5-8H,4H2. The first-order valence-corrected chi connectivity index (χ1v) is 7.43. The van der Waals surface area contributed by atoms with E-state index in [1.807, 2.05) is 0 Å². The molecule has 1 heterocycles. The van der Waals surface area contributed by atoms with Gasteiger partial charge in [-0.1, -0.05) is 18.2 Å². The predicted molar refractivity (Wildman–Crippen MR) is 82.3 cm³/mol. The number of rotatable bonds is 3. The molecule has 11 heteroatoms. The molecule has 0 bridgehead atoms. The molecule has 0 saturated carbocycles. The van der Waals surface area contributed by atoms with Crippen molar-refractivity contribution < 1.29 is 31.1 Å². The van der Waals surface area contributed by atoms with Gasteiger partial charge in [0, 0.05) is 12.1 Å². The molecule has 1 saturated heterocycles. The van der Waals surface area contributed by atoms with Crippen LogP contribution in [0.3, 0.4) is 0 Å². The van der Waals surface area contributed by atoms with E-state index in [2.05, 4.69) is 9.98 Å². The molecular weight excluding hydrogens is 372 g/mol. The molecule has 0 N–H and O–H groups in total. The Morgan fingerprint density at radius 2 is 1.60 bits per heavy atom. The van der Waals surface area contributed by atoms with Crippen molar-refractivity contribution in [2.45, 2.75) is 19.0 Å². The molecule has 2 rings (SSSR count). The van der Waals surface area contributed by atoms with Gasteiger partial charge in [-0.25, -0.2) is 0 Å². The number of carbonyl (C=O) groups is 1. The normalized spacial score (nSPS) is 20.7. The highest BCUT2D eigenvalue weighted by Crippen LogP contribution is 2.39. The maximum atomic E-state index is 12.7. The first-order valence-electron chi connectivity index (χ1n) is 6.61. The number of para-hydroxylation sites is 1. The molecule has 1 aromatic rings. The van der Waals surface area contributed by atoms with Crippen molar-refractivity contribution in [2.75, 3.05) is 4.90 Å². The van der Waals surface area contributed by atoms with Gasteiger partial charge < -0.3 is 4.79 Å². The van der Waals surface area contributed by atoms with Crippen molar-refractivity contribution in [2.24, 2.45) is 9.98 Å². The Bertz CT molecular complexity index is 724. The van der Waals surface area contributed by atoms with Gasteiger partial charge in [0.15, 0.2) is 5.84 Å². The summed E-state index contributed by atoms with van der Waals surface area (Å²) < 4.78 is 76.0. The number of anilines is 1. The van der Waals surface area contributed by atoms with Crippen LogP contribution in [0.4, 0.5) is 32.0 Å². The van der Waals surface area contributed by atoms with Gasteiger partial charge in [-0.2, -0.15) is 9.98 Å². The monoisotopic (exact) mass is 381 g/mol. The van der Waals surface area contributed by atoms with Crippen LogP contribution in [-0.4, -0.2) is 29.8 Å². The SMILES string of the molecule is O=CCC=C1SC(=NC(F)(F)F)C(=NC(F)(F)F)N1c1ccccc1. The fourth-order valence-corrected chi connectivity index (χ4v) is 2.94. The first kappa shape index (κ1) is 19.0. The average molecular weight is 381 g/mol. The summed E-state index contributed by atoms with van der Waals surface area (Å²) >= 11 is 0.357. The van der Waals surface area contributed by atoms with E-state index in [-0.39, 0.29) is 17.1 Å². The second-order valence-electron chi connectivity index (χ2n) is 4.51. The van der Waals surface area contributed by atoms with Gasteiger partial charge in [0.2, 0.25) is 0 Å². The molecule has 0 aromatic heterocycles. The van der Waals surface area contributed by atoms with E-state index in [4.69, 9.17) is 0 Å². The smallest absolute Gasteiger partial charge is 0.303 e. The molecule has 0 radical (unpaired) electrons. The molecule has 0 spiro atoms. The van der Waals surface area contributed by atoms with E-state index in [1.54, 1.807) is 6.07 Å². The first-order chi connectivity index (χ1) is 11.6. The summed E-state index contributed by atoms with van der Waals surface area (Å²) in [5, 5.41) is -0.977. The van der Waals surface area contributed by atoms with E-state index < -0.39 is 23.5 Å². The van der Waals surface area contributed by atoms with Crippen LogP contribution in [0, 0.1) is 0 Å². The molecule has 1 aliphatic heterocycles. The second kappa shape index (κ2) is 7.30. The van der Waals surface area contributed by atoms with Crippen LogP contribution in [0.5, 0.6) is 0 Å². The van der Waals surface area contributed by atoms with Crippen LogP contribution >= 0.6 is 11.8 Å². The second-order valence-corrected chi connectivity index (χ2v) is 5.51. The fourth-order valence-electron chi connectivity index (χ4n) is 1.90. The molecule has 0 amide bonds. The molecule has 0 atom stereocenters. The lowest BCUT2D eigenvalue weighted by atomic mass is 10.3. The summed E-state index contributed by atoms with van der Waals surface area (Å²) in [6.07, 6.45) is -8.69. The molecule has 0 unspecified atom stereocenters. The van der Waals surface area contributed by atoms with Crippen LogP contribution < -0.4 is 4.90 Å². The van der Waals surface area contributed by atoms with Gasteiger partial charge in [-0.15, -0.1) is 26.3 Å².